The first kappa shape index (κ1) is 41.4. The Bertz CT molecular complexity index is 1480. The van der Waals surface area contributed by atoms with Gasteiger partial charge in [-0.1, -0.05) is 91.5 Å². The number of Topliss-reactive ketones (excluding diaryl/α,β-unsaturated/α-hetero) is 1. The molecule has 1 saturated heterocycles. The molecule has 52 heavy (non-hydrogen) atoms. The molecule has 0 aromatic heterocycles. The number of rotatable bonds is 14. The summed E-state index contributed by atoms with van der Waals surface area (Å²) in [4.78, 5) is 81.2. The quantitative estimate of drug-likeness (QED) is 0.125. The van der Waals surface area contributed by atoms with Crippen LogP contribution in [0.3, 0.4) is 0 Å². The monoisotopic (exact) mass is 763 g/mol. The van der Waals surface area contributed by atoms with E-state index in [1.807, 2.05) is 45.0 Å². The molecule has 1 aromatic rings. The number of ketones is 1. The molecule has 1 unspecified atom stereocenters. The van der Waals surface area contributed by atoms with E-state index in [0.29, 0.717) is 31.6 Å². The number of amides is 5. The predicted octanol–water partition coefficient (Wildman–Crippen LogP) is 4.23. The molecule has 288 valence electrons. The second-order valence-corrected chi connectivity index (χ2v) is 17.8. The number of urea groups is 1. The van der Waals surface area contributed by atoms with Crippen LogP contribution in [0.15, 0.2) is 24.3 Å². The van der Waals surface area contributed by atoms with Gasteiger partial charge in [-0.05, 0) is 40.7 Å². The van der Waals surface area contributed by atoms with E-state index < -0.39 is 81.3 Å². The number of benzene rings is 1. The minimum absolute atomic E-state index is 0.115. The zero-order chi connectivity index (χ0) is 38.5. The van der Waals surface area contributed by atoms with Crippen molar-refractivity contribution in [3.8, 4) is 0 Å². The Morgan fingerprint density at radius 2 is 1.44 bits per heavy atom. The lowest BCUT2D eigenvalue weighted by Crippen LogP contribution is -2.62. The number of nitrogens with one attached hydrogen (secondary N) is 4. The Morgan fingerprint density at radius 3 is 1.96 bits per heavy atom. The third kappa shape index (κ3) is 10.6. The van der Waals surface area contributed by atoms with Crippen LogP contribution in [0, 0.1) is 22.7 Å². The van der Waals surface area contributed by atoms with Gasteiger partial charge in [0.05, 0.1) is 6.04 Å². The van der Waals surface area contributed by atoms with Gasteiger partial charge in [0.15, 0.2) is 0 Å². The van der Waals surface area contributed by atoms with Crippen LogP contribution in [0.4, 0.5) is 4.79 Å². The number of ether oxygens (including phenoxy) is 1. The molecule has 1 aromatic carbocycles. The number of fused-ring (bicyclic) bond motifs is 1. The smallest absolute Gasteiger partial charge is 0.329 e. The number of esters is 1. The summed E-state index contributed by atoms with van der Waals surface area (Å²) < 4.78 is 5.89. The Labute approximate surface area is 317 Å². The van der Waals surface area contributed by atoms with Crippen molar-refractivity contribution in [1.82, 2.24) is 26.2 Å². The Morgan fingerprint density at radius 1 is 0.865 bits per heavy atom. The summed E-state index contributed by atoms with van der Waals surface area (Å²) in [6.45, 7) is 10.9. The number of alkyl halides is 2. The Kier molecular flexibility index (Phi) is 13.7. The van der Waals surface area contributed by atoms with Crippen molar-refractivity contribution in [2.45, 2.75) is 128 Å². The van der Waals surface area contributed by atoms with Crippen LogP contribution in [0.1, 0.15) is 91.2 Å². The van der Waals surface area contributed by atoms with Gasteiger partial charge in [0, 0.05) is 32.4 Å². The average molecular weight is 765 g/mol. The average Bonchev–Trinajstić information content (AvgIpc) is 3.62. The molecule has 4 N–H and O–H groups in total. The highest BCUT2D eigenvalue weighted by molar-refractivity contribution is 6.44. The number of nitrogens with zero attached hydrogens (tertiary/aromatic N) is 1. The Hall–Kier alpha value is -3.38. The minimum atomic E-state index is -1.17. The fourth-order valence-electron chi connectivity index (χ4n) is 7.07. The molecule has 3 aliphatic rings. The topological polar surface area (TPSA) is 163 Å². The maximum Gasteiger partial charge on any atom is 0.329 e. The molecule has 2 aliphatic carbocycles. The van der Waals surface area contributed by atoms with Crippen LogP contribution in [-0.2, 0) is 41.6 Å². The van der Waals surface area contributed by atoms with Crippen LogP contribution < -0.4 is 21.3 Å². The molecule has 1 heterocycles. The fraction of sp³-hybridized carbons (Fsp3) is 0.684. The molecule has 12 nitrogen and oxygen atoms in total. The molecule has 0 bridgehead atoms. The summed E-state index contributed by atoms with van der Waals surface area (Å²) in [7, 11) is 1.35. The highest BCUT2D eigenvalue weighted by atomic mass is 35.5. The van der Waals surface area contributed by atoms with Crippen LogP contribution in [-0.4, -0.2) is 89.1 Å². The Balaban J connectivity index is 1.49. The molecular formula is C38H55Cl2N5O7. The van der Waals surface area contributed by atoms with Gasteiger partial charge in [-0.3, -0.25) is 19.2 Å². The van der Waals surface area contributed by atoms with Crippen molar-refractivity contribution in [3.63, 3.8) is 0 Å². The van der Waals surface area contributed by atoms with Crippen LogP contribution >= 0.6 is 23.2 Å². The molecule has 0 radical (unpaired) electrons. The maximum atomic E-state index is 14.4. The lowest BCUT2D eigenvalue weighted by molar-refractivity contribution is -0.153. The van der Waals surface area contributed by atoms with Gasteiger partial charge < -0.3 is 30.9 Å². The normalized spacial score (nSPS) is 20.8. The molecule has 4 rings (SSSR count). The third-order valence-electron chi connectivity index (χ3n) is 10.3. The van der Waals surface area contributed by atoms with Crippen molar-refractivity contribution < 1.29 is 33.5 Å². The van der Waals surface area contributed by atoms with Crippen LogP contribution in [0.5, 0.6) is 0 Å². The second-order valence-electron chi connectivity index (χ2n) is 16.6. The molecule has 5 amide bonds. The predicted molar refractivity (Wildman–Crippen MR) is 199 cm³/mol. The van der Waals surface area contributed by atoms with E-state index in [0.717, 1.165) is 30.4 Å². The lowest BCUT2D eigenvalue weighted by Gasteiger charge is -2.37. The van der Waals surface area contributed by atoms with Gasteiger partial charge in [-0.25, -0.2) is 9.59 Å². The summed E-state index contributed by atoms with van der Waals surface area (Å²) in [6.07, 6.45) is 5.17. The van der Waals surface area contributed by atoms with Gasteiger partial charge >= 0.3 is 12.0 Å². The zero-order valence-electron chi connectivity index (χ0n) is 31.4. The SMILES string of the molecule is CNC(=O)C(=O)C(CCCC1CC1)NC(=O)[C@@H]1[C@@H](C(Cl)Cl)CCN1C(=O)[C@H](NC(=O)N[C@@H](C(=O)OC1Cc2ccccc2C1)C(C)(C)C)C(C)(C)C. The number of hydrogen-bond acceptors (Lipinski definition) is 7. The van der Waals surface area contributed by atoms with Crippen LogP contribution in [0.25, 0.3) is 0 Å². The summed E-state index contributed by atoms with van der Waals surface area (Å²) in [5.74, 6) is -3.47. The molecule has 0 spiro atoms. The van der Waals surface area contributed by atoms with E-state index in [1.54, 1.807) is 20.8 Å². The van der Waals surface area contributed by atoms with Gasteiger partial charge in [0.1, 0.15) is 29.1 Å². The summed E-state index contributed by atoms with van der Waals surface area (Å²) in [5.41, 5.74) is 0.669. The molecule has 5 atom stereocenters. The van der Waals surface area contributed by atoms with Crippen molar-refractivity contribution in [2.24, 2.45) is 22.7 Å². The number of carbonyl (C=O) groups excluding carboxylic acids is 6. The largest absolute Gasteiger partial charge is 0.460 e. The second kappa shape index (κ2) is 17.2. The fourth-order valence-corrected chi connectivity index (χ4v) is 7.60. The van der Waals surface area contributed by atoms with Crippen molar-refractivity contribution in [3.05, 3.63) is 35.4 Å². The summed E-state index contributed by atoms with van der Waals surface area (Å²) >= 11 is 12.7. The molecule has 2 fully saturated rings. The lowest BCUT2D eigenvalue weighted by atomic mass is 9.85. The van der Waals surface area contributed by atoms with E-state index in [-0.39, 0.29) is 19.1 Å². The van der Waals surface area contributed by atoms with Gasteiger partial charge in [-0.15, -0.1) is 23.2 Å². The van der Waals surface area contributed by atoms with E-state index in [9.17, 15) is 28.8 Å². The molecule has 1 saturated carbocycles. The van der Waals surface area contributed by atoms with Crippen molar-refractivity contribution >= 4 is 58.7 Å². The van der Waals surface area contributed by atoms with Crippen molar-refractivity contribution in [1.29, 1.82) is 0 Å². The van der Waals surface area contributed by atoms with Crippen LogP contribution in [0.2, 0.25) is 0 Å². The number of hydrogen-bond donors (Lipinski definition) is 4. The maximum absolute atomic E-state index is 14.4. The third-order valence-corrected chi connectivity index (χ3v) is 10.9. The summed E-state index contributed by atoms with van der Waals surface area (Å²) in [6, 6.07) is 2.71. The van der Waals surface area contributed by atoms with Crippen molar-refractivity contribution in [2.75, 3.05) is 13.6 Å². The number of likely N-dealkylation sites (N-methyl/N-ethyl adjacent to an activating group) is 1. The number of carbonyl (C=O) groups is 6. The zero-order valence-corrected chi connectivity index (χ0v) is 32.9. The highest BCUT2D eigenvalue weighted by Gasteiger charge is 2.49. The first-order chi connectivity index (χ1) is 24.3. The summed E-state index contributed by atoms with van der Waals surface area (Å²) in [5, 5.41) is 10.6. The molecule has 14 heteroatoms. The molecular weight excluding hydrogens is 709 g/mol. The highest BCUT2D eigenvalue weighted by Crippen LogP contribution is 2.36. The minimum Gasteiger partial charge on any atom is -0.460 e. The number of halogens is 2. The first-order valence-electron chi connectivity index (χ1n) is 18.3. The van der Waals surface area contributed by atoms with E-state index in [2.05, 4.69) is 21.3 Å². The van der Waals surface area contributed by atoms with E-state index >= 15 is 0 Å². The van der Waals surface area contributed by atoms with E-state index in [4.69, 9.17) is 27.9 Å². The first-order valence-corrected chi connectivity index (χ1v) is 19.2. The van der Waals surface area contributed by atoms with Gasteiger partial charge in [0.25, 0.3) is 5.91 Å². The molecule has 1 aliphatic heterocycles. The number of likely N-dealkylation sites (tertiary alicyclic amines) is 1. The van der Waals surface area contributed by atoms with E-state index in [1.165, 1.54) is 11.9 Å². The van der Waals surface area contributed by atoms with Gasteiger partial charge in [0.2, 0.25) is 17.6 Å². The standard InChI is InChI=1S/C38H55Cl2N5O7/c1-37(2,3)29(43-36(51)44-30(38(4,5)6)35(50)52-24-19-22-12-8-9-13-23(22)20-24)34(49)45-18-17-25(31(39)40)27(45)32(47)42-26(28(46)33(48)41-7)14-10-11-21-15-16-21/h8-9,12-13,21,24-27,29-31H,10-11,14-20H2,1-7H3,(H,41,48)(H,42,47)(H2,43,44,51)/t25-,26?,27-,29-,30-/m0/s1. The van der Waals surface area contributed by atoms with Gasteiger partial charge in [-0.2, -0.15) is 0 Å².